The van der Waals surface area contributed by atoms with E-state index in [1.165, 1.54) is 0 Å². The van der Waals surface area contributed by atoms with E-state index < -0.39 is 23.5 Å². The predicted octanol–water partition coefficient (Wildman–Crippen LogP) is 0.616. The van der Waals surface area contributed by atoms with Gasteiger partial charge in [-0.25, -0.2) is 4.79 Å². The van der Waals surface area contributed by atoms with E-state index in [2.05, 4.69) is 16.2 Å². The molecule has 0 saturated heterocycles. The Balaban J connectivity index is 4.36. The zero-order chi connectivity index (χ0) is 14.3. The molecule has 0 aromatic heterocycles. The van der Waals surface area contributed by atoms with E-state index >= 15 is 0 Å². The topological polar surface area (TPSA) is 108 Å². The molecule has 0 aliphatic heterocycles. The van der Waals surface area contributed by atoms with E-state index in [9.17, 15) is 14.4 Å². The van der Waals surface area contributed by atoms with Crippen LogP contribution < -0.4 is 16.2 Å². The number of nitrogens with one attached hydrogen (secondary N) is 3. The normalized spacial score (nSPS) is 12.4. The van der Waals surface area contributed by atoms with Crippen LogP contribution in [0.4, 0.5) is 4.79 Å². The van der Waals surface area contributed by atoms with Gasteiger partial charge in [-0.05, 0) is 5.41 Å². The van der Waals surface area contributed by atoms with Crippen LogP contribution in [0.5, 0.6) is 0 Å². The van der Waals surface area contributed by atoms with Gasteiger partial charge in [0.15, 0.2) is 0 Å². The highest BCUT2D eigenvalue weighted by atomic mass is 16.4. The lowest BCUT2D eigenvalue weighted by atomic mass is 9.84. The summed E-state index contributed by atoms with van der Waals surface area (Å²) < 4.78 is 0. The molecule has 0 bridgehead atoms. The molecule has 1 atom stereocenters. The van der Waals surface area contributed by atoms with E-state index in [-0.39, 0.29) is 18.7 Å². The number of hydrazine groups is 1. The van der Waals surface area contributed by atoms with Crippen molar-refractivity contribution in [3.63, 3.8) is 0 Å². The van der Waals surface area contributed by atoms with Gasteiger partial charge in [0.25, 0.3) is 0 Å². The van der Waals surface area contributed by atoms with E-state index in [0.717, 1.165) is 0 Å². The van der Waals surface area contributed by atoms with Crippen LogP contribution in [0.25, 0.3) is 0 Å². The minimum atomic E-state index is -1.18. The molecule has 7 nitrogen and oxygen atoms in total. The highest BCUT2D eigenvalue weighted by Crippen LogP contribution is 2.21. The standard InChI is InChI=1S/C11H21N3O4/c1-5-8(15)13-14-9(16)6-7(11(2,3)4)12-10(17)18/h7,12H,5-6H2,1-4H3,(H,13,15)(H,14,16)(H,17,18). The maximum absolute atomic E-state index is 11.5. The number of amides is 3. The van der Waals surface area contributed by atoms with Crippen molar-refractivity contribution in [2.45, 2.75) is 46.6 Å². The van der Waals surface area contributed by atoms with Gasteiger partial charge in [-0.1, -0.05) is 27.7 Å². The van der Waals surface area contributed by atoms with Crippen molar-refractivity contribution >= 4 is 17.9 Å². The van der Waals surface area contributed by atoms with Crippen LogP contribution in [-0.2, 0) is 9.59 Å². The minimum absolute atomic E-state index is 0.0419. The first-order chi connectivity index (χ1) is 8.16. The molecule has 0 spiro atoms. The second-order valence-electron chi connectivity index (χ2n) is 5.02. The molecule has 18 heavy (non-hydrogen) atoms. The summed E-state index contributed by atoms with van der Waals surface area (Å²) in [7, 11) is 0. The lowest BCUT2D eigenvalue weighted by Crippen LogP contribution is -2.49. The van der Waals surface area contributed by atoms with Gasteiger partial charge in [0.1, 0.15) is 0 Å². The number of hydrogen-bond donors (Lipinski definition) is 4. The molecule has 3 amide bonds. The fourth-order valence-electron chi connectivity index (χ4n) is 1.19. The summed E-state index contributed by atoms with van der Waals surface area (Å²) in [5.41, 5.74) is 4.07. The van der Waals surface area contributed by atoms with E-state index in [4.69, 9.17) is 5.11 Å². The second-order valence-corrected chi connectivity index (χ2v) is 5.02. The summed E-state index contributed by atoms with van der Waals surface area (Å²) in [4.78, 5) is 33.1. The van der Waals surface area contributed by atoms with Crippen molar-refractivity contribution in [2.75, 3.05) is 0 Å². The third-order valence-electron chi connectivity index (χ3n) is 2.40. The molecule has 104 valence electrons. The molecule has 4 N–H and O–H groups in total. The Kier molecular flexibility index (Phi) is 6.15. The van der Waals surface area contributed by atoms with Gasteiger partial charge < -0.3 is 10.4 Å². The zero-order valence-electron chi connectivity index (χ0n) is 11.2. The highest BCUT2D eigenvalue weighted by molar-refractivity contribution is 5.82. The summed E-state index contributed by atoms with van der Waals surface area (Å²) in [6.45, 7) is 7.13. The maximum Gasteiger partial charge on any atom is 0.404 e. The Morgan fingerprint density at radius 1 is 1.11 bits per heavy atom. The second kappa shape index (κ2) is 6.83. The number of carbonyl (C=O) groups excluding carboxylic acids is 2. The zero-order valence-corrected chi connectivity index (χ0v) is 11.2. The highest BCUT2D eigenvalue weighted by Gasteiger charge is 2.28. The number of carboxylic acid groups (broad SMARTS) is 1. The summed E-state index contributed by atoms with van der Waals surface area (Å²) >= 11 is 0. The van der Waals surface area contributed by atoms with Gasteiger partial charge in [-0.15, -0.1) is 0 Å². The third-order valence-corrected chi connectivity index (χ3v) is 2.40. The largest absolute Gasteiger partial charge is 0.465 e. The van der Waals surface area contributed by atoms with Gasteiger partial charge in [0, 0.05) is 18.9 Å². The molecule has 0 heterocycles. The van der Waals surface area contributed by atoms with Gasteiger partial charge in [0.05, 0.1) is 0 Å². The van der Waals surface area contributed by atoms with Crippen LogP contribution in [0.15, 0.2) is 0 Å². The fourth-order valence-corrected chi connectivity index (χ4v) is 1.19. The lowest BCUT2D eigenvalue weighted by Gasteiger charge is -2.29. The Hall–Kier alpha value is -1.79. The third kappa shape index (κ3) is 6.72. The molecule has 1 unspecified atom stereocenters. The molecular formula is C11H21N3O4. The van der Waals surface area contributed by atoms with Crippen molar-refractivity contribution in [3.8, 4) is 0 Å². The Labute approximate surface area is 106 Å². The summed E-state index contributed by atoms with van der Waals surface area (Å²) in [5, 5.41) is 11.0. The molecule has 7 heteroatoms. The maximum atomic E-state index is 11.5. The SMILES string of the molecule is CCC(=O)NNC(=O)CC(NC(=O)O)C(C)(C)C. The monoisotopic (exact) mass is 259 g/mol. The smallest absolute Gasteiger partial charge is 0.404 e. The quantitative estimate of drug-likeness (QED) is 0.555. The number of carbonyl (C=O) groups is 3. The van der Waals surface area contributed by atoms with E-state index in [1.807, 2.05) is 20.8 Å². The summed E-state index contributed by atoms with van der Waals surface area (Å²) in [6.07, 6.45) is -0.962. The lowest BCUT2D eigenvalue weighted by molar-refractivity contribution is -0.129. The van der Waals surface area contributed by atoms with Crippen molar-refractivity contribution in [1.82, 2.24) is 16.2 Å². The van der Waals surface area contributed by atoms with Crippen LogP contribution in [0.2, 0.25) is 0 Å². The van der Waals surface area contributed by atoms with Crippen LogP contribution in [0, 0.1) is 5.41 Å². The van der Waals surface area contributed by atoms with E-state index in [0.29, 0.717) is 0 Å². The van der Waals surface area contributed by atoms with Gasteiger partial charge in [0.2, 0.25) is 11.8 Å². The first-order valence-electron chi connectivity index (χ1n) is 5.74. The van der Waals surface area contributed by atoms with Crippen molar-refractivity contribution in [1.29, 1.82) is 0 Å². The van der Waals surface area contributed by atoms with E-state index in [1.54, 1.807) is 6.92 Å². The van der Waals surface area contributed by atoms with Gasteiger partial charge in [-0.2, -0.15) is 0 Å². The Morgan fingerprint density at radius 2 is 1.61 bits per heavy atom. The summed E-state index contributed by atoms with van der Waals surface area (Å²) in [5.74, 6) is -0.743. The first kappa shape index (κ1) is 16.2. The van der Waals surface area contributed by atoms with Crippen LogP contribution in [0.1, 0.15) is 40.5 Å². The minimum Gasteiger partial charge on any atom is -0.465 e. The van der Waals surface area contributed by atoms with Crippen LogP contribution in [-0.4, -0.2) is 29.1 Å². The number of hydrogen-bond acceptors (Lipinski definition) is 3. The molecule has 0 aromatic carbocycles. The molecule has 0 saturated carbocycles. The Morgan fingerprint density at radius 3 is 2.00 bits per heavy atom. The van der Waals surface area contributed by atoms with Crippen molar-refractivity contribution in [2.24, 2.45) is 5.41 Å². The molecule has 0 aromatic rings. The molecule has 0 fully saturated rings. The Bertz CT molecular complexity index is 323. The van der Waals surface area contributed by atoms with Gasteiger partial charge in [-0.3, -0.25) is 20.4 Å². The van der Waals surface area contributed by atoms with Crippen LogP contribution >= 0.6 is 0 Å². The predicted molar refractivity (Wildman–Crippen MR) is 65.6 cm³/mol. The molecule has 0 rings (SSSR count). The van der Waals surface area contributed by atoms with Crippen LogP contribution in [0.3, 0.4) is 0 Å². The number of rotatable bonds is 4. The molecule has 0 aliphatic rings. The molecule has 0 radical (unpaired) electrons. The average Bonchev–Trinajstić information content (AvgIpc) is 2.23. The van der Waals surface area contributed by atoms with Crippen molar-refractivity contribution < 1.29 is 19.5 Å². The fraction of sp³-hybridized carbons (Fsp3) is 0.727. The first-order valence-corrected chi connectivity index (χ1v) is 5.74. The molecular weight excluding hydrogens is 238 g/mol. The van der Waals surface area contributed by atoms with Gasteiger partial charge >= 0.3 is 6.09 Å². The molecule has 0 aliphatic carbocycles. The van der Waals surface area contributed by atoms with Crippen molar-refractivity contribution in [3.05, 3.63) is 0 Å². The summed E-state index contributed by atoms with van der Waals surface area (Å²) in [6, 6.07) is -0.534. The average molecular weight is 259 g/mol.